The van der Waals surface area contributed by atoms with Gasteiger partial charge < -0.3 is 31.1 Å². The van der Waals surface area contributed by atoms with Gasteiger partial charge in [0.1, 0.15) is 23.7 Å². The Morgan fingerprint density at radius 3 is 2.37 bits per heavy atom. The molecule has 1 heterocycles. The second-order valence-electron chi connectivity index (χ2n) is 7.65. The first-order valence-corrected chi connectivity index (χ1v) is 10.9. The van der Waals surface area contributed by atoms with E-state index < -0.39 is 53.8 Å². The fourth-order valence-corrected chi connectivity index (χ4v) is 5.30. The minimum atomic E-state index is -1.59. The number of hydrogen-bond donors (Lipinski definition) is 5. The predicted octanol–water partition coefficient (Wildman–Crippen LogP) is 1.82. The highest BCUT2D eigenvalue weighted by molar-refractivity contribution is 8.00. The first-order chi connectivity index (χ1) is 14.3. The van der Waals surface area contributed by atoms with E-state index in [0.29, 0.717) is 5.25 Å². The maximum absolute atomic E-state index is 13.4. The maximum Gasteiger partial charge on any atom is 0.194 e. The molecular weight excluding hydrogens is 421 g/mol. The van der Waals surface area contributed by atoms with Gasteiger partial charge in [-0.2, -0.15) is 0 Å². The zero-order valence-electron chi connectivity index (χ0n) is 16.3. The SMILES string of the molecule is N/C(=C\NC1C(O)C(CO)OC(SC2CCCCC2)C1O)c1cc(F)c(F)c(F)c1. The van der Waals surface area contributed by atoms with Crippen molar-refractivity contribution in [2.45, 2.75) is 67.1 Å². The fourth-order valence-electron chi connectivity index (χ4n) is 3.78. The van der Waals surface area contributed by atoms with Crippen LogP contribution in [0.5, 0.6) is 0 Å². The van der Waals surface area contributed by atoms with E-state index in [4.69, 9.17) is 10.5 Å². The number of aliphatic hydroxyl groups is 3. The van der Waals surface area contributed by atoms with E-state index >= 15 is 0 Å². The standard InChI is InChI=1S/C20H27F3N2O4S/c21-12-6-10(7-13(22)16(12)23)14(24)8-25-17-18(27)15(9-26)29-20(19(17)28)30-11-4-2-1-3-5-11/h6-8,11,15,17-20,25-28H,1-5,9,24H2/b14-8-. The topological polar surface area (TPSA) is 108 Å². The van der Waals surface area contributed by atoms with Crippen molar-refractivity contribution in [3.63, 3.8) is 0 Å². The van der Waals surface area contributed by atoms with E-state index in [2.05, 4.69) is 5.32 Å². The lowest BCUT2D eigenvalue weighted by Crippen LogP contribution is -2.62. The molecule has 2 fully saturated rings. The monoisotopic (exact) mass is 448 g/mol. The number of halogens is 3. The molecule has 1 aliphatic carbocycles. The number of ether oxygens (including phenoxy) is 1. The van der Waals surface area contributed by atoms with E-state index in [0.717, 1.165) is 37.8 Å². The van der Waals surface area contributed by atoms with Crippen LogP contribution in [0.1, 0.15) is 37.7 Å². The summed E-state index contributed by atoms with van der Waals surface area (Å²) in [4.78, 5) is 0. The molecule has 0 radical (unpaired) electrons. The Morgan fingerprint density at radius 2 is 1.77 bits per heavy atom. The molecular formula is C20H27F3N2O4S. The maximum atomic E-state index is 13.4. The van der Waals surface area contributed by atoms with Gasteiger partial charge in [-0.05, 0) is 25.0 Å². The Bertz CT molecular complexity index is 741. The van der Waals surface area contributed by atoms with Gasteiger partial charge in [0.15, 0.2) is 17.5 Å². The van der Waals surface area contributed by atoms with Gasteiger partial charge in [0.2, 0.25) is 0 Å². The lowest BCUT2D eigenvalue weighted by atomic mass is 9.97. The Hall–Kier alpha value is -1.46. The molecule has 0 amide bonds. The van der Waals surface area contributed by atoms with E-state index in [1.54, 1.807) is 0 Å². The quantitative estimate of drug-likeness (QED) is 0.423. The molecule has 6 N–H and O–H groups in total. The number of hydrogen-bond acceptors (Lipinski definition) is 7. The van der Waals surface area contributed by atoms with Crippen LogP contribution in [0.4, 0.5) is 13.2 Å². The van der Waals surface area contributed by atoms with Crippen LogP contribution in [0.3, 0.4) is 0 Å². The first kappa shape index (κ1) is 23.2. The molecule has 1 saturated heterocycles. The van der Waals surface area contributed by atoms with E-state index in [9.17, 15) is 28.5 Å². The van der Waals surface area contributed by atoms with Crippen molar-refractivity contribution < 1.29 is 33.2 Å². The van der Waals surface area contributed by atoms with E-state index in [1.165, 1.54) is 24.4 Å². The minimum absolute atomic E-state index is 0.0956. The summed E-state index contributed by atoms with van der Waals surface area (Å²) in [5.74, 6) is -4.35. The number of nitrogens with two attached hydrogens (primary N) is 1. The van der Waals surface area contributed by atoms with E-state index in [-0.39, 0.29) is 11.3 Å². The minimum Gasteiger partial charge on any atom is -0.397 e. The summed E-state index contributed by atoms with van der Waals surface area (Å²) in [6, 6.07) is 0.563. The van der Waals surface area contributed by atoms with Crippen molar-refractivity contribution in [3.8, 4) is 0 Å². The normalized spacial score (nSPS) is 31.0. The summed E-state index contributed by atoms with van der Waals surface area (Å²) in [7, 11) is 0. The number of benzene rings is 1. The molecule has 30 heavy (non-hydrogen) atoms. The number of rotatable bonds is 6. The van der Waals surface area contributed by atoms with Crippen LogP contribution in [0.15, 0.2) is 18.3 Å². The van der Waals surface area contributed by atoms with Crippen LogP contribution in [-0.2, 0) is 4.74 Å². The molecule has 168 valence electrons. The van der Waals surface area contributed by atoms with Crippen molar-refractivity contribution in [2.24, 2.45) is 5.73 Å². The van der Waals surface area contributed by atoms with Crippen LogP contribution in [0.25, 0.3) is 5.70 Å². The molecule has 1 saturated carbocycles. The summed E-state index contributed by atoms with van der Waals surface area (Å²) in [6.07, 6.45) is 3.32. The fraction of sp³-hybridized carbons (Fsp3) is 0.600. The molecule has 1 aromatic carbocycles. The molecule has 10 heteroatoms. The second kappa shape index (κ2) is 10.2. The Morgan fingerprint density at radius 1 is 1.13 bits per heavy atom. The molecule has 1 aromatic rings. The molecule has 0 bridgehead atoms. The average Bonchev–Trinajstić information content (AvgIpc) is 2.74. The van der Waals surface area contributed by atoms with Crippen LogP contribution in [0, 0.1) is 17.5 Å². The highest BCUT2D eigenvalue weighted by Gasteiger charge is 2.45. The summed E-state index contributed by atoms with van der Waals surface area (Å²) in [5.41, 5.74) is 4.96. The molecule has 0 spiro atoms. The lowest BCUT2D eigenvalue weighted by Gasteiger charge is -2.43. The number of aliphatic hydroxyl groups excluding tert-OH is 3. The van der Waals surface area contributed by atoms with Gasteiger partial charge in [-0.25, -0.2) is 13.2 Å². The van der Waals surface area contributed by atoms with Crippen molar-refractivity contribution in [1.82, 2.24) is 5.32 Å². The highest BCUT2D eigenvalue weighted by atomic mass is 32.2. The summed E-state index contributed by atoms with van der Waals surface area (Å²) in [6.45, 7) is -0.443. The third-order valence-corrected chi connectivity index (χ3v) is 7.03. The summed E-state index contributed by atoms with van der Waals surface area (Å²) >= 11 is 1.48. The van der Waals surface area contributed by atoms with Gasteiger partial charge in [-0.1, -0.05) is 19.3 Å². The van der Waals surface area contributed by atoms with Crippen molar-refractivity contribution in [3.05, 3.63) is 41.3 Å². The molecule has 1 aliphatic heterocycles. The number of thioether (sulfide) groups is 1. The zero-order valence-corrected chi connectivity index (χ0v) is 17.1. The average molecular weight is 449 g/mol. The van der Waals surface area contributed by atoms with Crippen LogP contribution in [-0.4, -0.2) is 57.0 Å². The predicted molar refractivity (Wildman–Crippen MR) is 108 cm³/mol. The number of nitrogens with one attached hydrogen (secondary N) is 1. The molecule has 5 atom stereocenters. The summed E-state index contributed by atoms with van der Waals surface area (Å²) < 4.78 is 45.7. The Balaban J connectivity index is 1.73. The van der Waals surface area contributed by atoms with E-state index in [1.807, 2.05) is 0 Å². The second-order valence-corrected chi connectivity index (χ2v) is 9.05. The van der Waals surface area contributed by atoms with Crippen molar-refractivity contribution in [1.29, 1.82) is 0 Å². The van der Waals surface area contributed by atoms with Crippen molar-refractivity contribution >= 4 is 17.5 Å². The van der Waals surface area contributed by atoms with Crippen LogP contribution < -0.4 is 11.1 Å². The van der Waals surface area contributed by atoms with Gasteiger partial charge in [0.05, 0.1) is 18.3 Å². The largest absolute Gasteiger partial charge is 0.397 e. The zero-order chi connectivity index (χ0) is 21.8. The van der Waals surface area contributed by atoms with Crippen molar-refractivity contribution in [2.75, 3.05) is 6.61 Å². The van der Waals surface area contributed by atoms with Crippen LogP contribution in [0.2, 0.25) is 0 Å². The van der Waals surface area contributed by atoms with Gasteiger partial charge in [0.25, 0.3) is 0 Å². The van der Waals surface area contributed by atoms with Gasteiger partial charge in [0, 0.05) is 17.0 Å². The molecule has 0 aromatic heterocycles. The molecule has 5 unspecified atom stereocenters. The summed E-state index contributed by atoms with van der Waals surface area (Å²) in [5, 5.41) is 33.9. The lowest BCUT2D eigenvalue weighted by molar-refractivity contribution is -0.164. The molecule has 2 aliphatic rings. The third kappa shape index (κ3) is 5.23. The highest BCUT2D eigenvalue weighted by Crippen LogP contribution is 2.36. The molecule has 3 rings (SSSR count). The van der Waals surface area contributed by atoms with Crippen LogP contribution >= 0.6 is 11.8 Å². The van der Waals surface area contributed by atoms with Gasteiger partial charge in [-0.15, -0.1) is 11.8 Å². The third-order valence-electron chi connectivity index (χ3n) is 5.51. The first-order valence-electron chi connectivity index (χ1n) is 9.96. The smallest absolute Gasteiger partial charge is 0.194 e. The van der Waals surface area contributed by atoms with Gasteiger partial charge >= 0.3 is 0 Å². The Labute approximate surface area is 177 Å². The van der Waals surface area contributed by atoms with Gasteiger partial charge in [-0.3, -0.25) is 0 Å². The Kier molecular flexibility index (Phi) is 7.92. The molecule has 6 nitrogen and oxygen atoms in total.